The Morgan fingerprint density at radius 3 is 2.76 bits per heavy atom. The minimum Gasteiger partial charge on any atom is -0.382 e. The second-order valence-corrected chi connectivity index (χ2v) is 8.97. The molecule has 1 aliphatic carbocycles. The number of rotatable bonds is 4. The zero-order valence-electron chi connectivity index (χ0n) is 17.9. The van der Waals surface area contributed by atoms with Gasteiger partial charge in [-0.1, -0.05) is 11.6 Å². The van der Waals surface area contributed by atoms with E-state index in [9.17, 15) is 18.0 Å². The topological polar surface area (TPSA) is 71.3 Å². The van der Waals surface area contributed by atoms with Gasteiger partial charge in [0.1, 0.15) is 5.69 Å². The van der Waals surface area contributed by atoms with Crippen LogP contribution in [0.25, 0.3) is 16.4 Å². The largest absolute Gasteiger partial charge is 0.433 e. The second kappa shape index (κ2) is 8.79. The van der Waals surface area contributed by atoms with Crippen LogP contribution in [-0.2, 0) is 6.18 Å². The molecule has 34 heavy (non-hydrogen) atoms. The van der Waals surface area contributed by atoms with Crippen molar-refractivity contribution in [3.8, 4) is 0 Å². The summed E-state index contributed by atoms with van der Waals surface area (Å²) in [6.45, 7) is 0. The number of imidazole rings is 1. The highest BCUT2D eigenvalue weighted by Crippen LogP contribution is 2.35. The van der Waals surface area contributed by atoms with Crippen molar-refractivity contribution >= 4 is 39.6 Å². The van der Waals surface area contributed by atoms with E-state index in [-0.39, 0.29) is 23.5 Å². The van der Waals surface area contributed by atoms with Crippen molar-refractivity contribution < 1.29 is 18.0 Å². The van der Waals surface area contributed by atoms with Crippen molar-refractivity contribution in [3.63, 3.8) is 0 Å². The number of fused-ring (bicyclic) bond motifs is 2. The van der Waals surface area contributed by atoms with Gasteiger partial charge in [0, 0.05) is 34.4 Å². The highest BCUT2D eigenvalue weighted by Gasteiger charge is 2.34. The Morgan fingerprint density at radius 1 is 1.12 bits per heavy atom. The van der Waals surface area contributed by atoms with E-state index in [1.165, 1.54) is 12.1 Å². The quantitative estimate of drug-likeness (QED) is 0.387. The van der Waals surface area contributed by atoms with Gasteiger partial charge in [-0.05, 0) is 62.1 Å². The van der Waals surface area contributed by atoms with Gasteiger partial charge in [0.15, 0.2) is 0 Å². The summed E-state index contributed by atoms with van der Waals surface area (Å²) in [6.07, 6.45) is 3.49. The lowest BCUT2D eigenvalue weighted by Gasteiger charge is -2.31. The molecule has 1 amide bonds. The van der Waals surface area contributed by atoms with Crippen LogP contribution in [-0.4, -0.2) is 32.4 Å². The number of anilines is 1. The predicted octanol–water partition coefficient (Wildman–Crippen LogP) is 5.71. The molecule has 1 fully saturated rings. The molecule has 1 aliphatic rings. The van der Waals surface area contributed by atoms with Gasteiger partial charge in [-0.15, -0.1) is 0 Å². The molecule has 3 heterocycles. The maximum atomic E-state index is 13.4. The summed E-state index contributed by atoms with van der Waals surface area (Å²) in [5.41, 5.74) is 1.01. The summed E-state index contributed by atoms with van der Waals surface area (Å²) in [5.74, 6) is -0.193. The number of hydrogen-bond acceptors (Lipinski definition) is 4. The third-order valence-corrected chi connectivity index (χ3v) is 6.34. The standard InChI is InChI=1S/C24H21ClF3N5O/c25-15-5-7-20-19(8-15)21(10-22(32-20)24(26,27)28)30-16-2-1-3-17(9-16)31-23(34)14-4-6-18-11-29-13-33(18)12-14/h4-8,10-13,16-17H,1-3,9H2,(H,30,32)(H,31,34)/t16-,17+/m0/s1. The molecule has 1 saturated carbocycles. The average Bonchev–Trinajstić information content (AvgIpc) is 3.27. The van der Waals surface area contributed by atoms with Crippen LogP contribution in [0.1, 0.15) is 41.7 Å². The first-order chi connectivity index (χ1) is 16.3. The van der Waals surface area contributed by atoms with Gasteiger partial charge in [-0.3, -0.25) is 4.79 Å². The summed E-state index contributed by atoms with van der Waals surface area (Å²) in [7, 11) is 0. The average molecular weight is 488 g/mol. The van der Waals surface area contributed by atoms with E-state index in [1.54, 1.807) is 35.3 Å². The maximum Gasteiger partial charge on any atom is 0.433 e. The molecule has 0 aliphatic heterocycles. The number of benzene rings is 1. The fraction of sp³-hybridized carbons (Fsp3) is 0.292. The van der Waals surface area contributed by atoms with Crippen molar-refractivity contribution in [1.29, 1.82) is 0 Å². The number of carbonyl (C=O) groups excluding carboxylic acids is 1. The third-order valence-electron chi connectivity index (χ3n) is 6.10. The summed E-state index contributed by atoms with van der Waals surface area (Å²) >= 11 is 6.10. The maximum absolute atomic E-state index is 13.4. The lowest BCUT2D eigenvalue weighted by atomic mass is 9.90. The van der Waals surface area contributed by atoms with Crippen molar-refractivity contribution in [1.82, 2.24) is 19.7 Å². The van der Waals surface area contributed by atoms with Crippen LogP contribution in [0.4, 0.5) is 18.9 Å². The number of hydrogen-bond donors (Lipinski definition) is 2. The first kappa shape index (κ1) is 22.5. The molecule has 0 radical (unpaired) electrons. The van der Waals surface area contributed by atoms with Crippen LogP contribution in [0.15, 0.2) is 55.1 Å². The molecule has 0 saturated heterocycles. The van der Waals surface area contributed by atoms with Crippen LogP contribution in [0.2, 0.25) is 5.02 Å². The molecule has 176 valence electrons. The van der Waals surface area contributed by atoms with Crippen LogP contribution < -0.4 is 10.6 Å². The SMILES string of the molecule is O=C(N[C@@H]1CCC[C@H](Nc2cc(C(F)(F)F)nc3ccc(Cl)cc23)C1)c1ccc2cncn2c1. The molecular formula is C24H21ClF3N5O. The predicted molar refractivity (Wildman–Crippen MR) is 124 cm³/mol. The van der Waals surface area contributed by atoms with E-state index < -0.39 is 11.9 Å². The Labute approximate surface area is 198 Å². The van der Waals surface area contributed by atoms with E-state index in [0.717, 1.165) is 30.8 Å². The molecule has 2 atom stereocenters. The van der Waals surface area contributed by atoms with Crippen LogP contribution in [0, 0.1) is 0 Å². The molecule has 0 bridgehead atoms. The fourth-order valence-electron chi connectivity index (χ4n) is 4.46. The lowest BCUT2D eigenvalue weighted by molar-refractivity contribution is -0.140. The van der Waals surface area contributed by atoms with E-state index in [1.807, 2.05) is 6.07 Å². The first-order valence-electron chi connectivity index (χ1n) is 10.9. The molecule has 2 N–H and O–H groups in total. The van der Waals surface area contributed by atoms with Gasteiger partial charge in [-0.2, -0.15) is 13.2 Å². The van der Waals surface area contributed by atoms with Gasteiger partial charge in [0.05, 0.1) is 29.1 Å². The Kier molecular flexibility index (Phi) is 5.81. The third kappa shape index (κ3) is 4.65. The van der Waals surface area contributed by atoms with Crippen molar-refractivity contribution in [2.45, 2.75) is 43.9 Å². The number of aromatic nitrogens is 3. The van der Waals surface area contributed by atoms with E-state index in [4.69, 9.17) is 11.6 Å². The van der Waals surface area contributed by atoms with Gasteiger partial charge in [0.2, 0.25) is 0 Å². The number of nitrogens with zero attached hydrogens (tertiary/aromatic N) is 3. The monoisotopic (exact) mass is 487 g/mol. The van der Waals surface area contributed by atoms with E-state index >= 15 is 0 Å². The minimum atomic E-state index is -4.57. The van der Waals surface area contributed by atoms with Crippen molar-refractivity contribution in [3.05, 3.63) is 71.4 Å². The Balaban J connectivity index is 1.34. The van der Waals surface area contributed by atoms with Gasteiger partial charge in [0.25, 0.3) is 5.91 Å². The first-order valence-corrected chi connectivity index (χ1v) is 11.3. The molecule has 0 unspecified atom stereocenters. The molecule has 10 heteroatoms. The molecule has 1 aromatic carbocycles. The fourth-order valence-corrected chi connectivity index (χ4v) is 4.63. The summed E-state index contributed by atoms with van der Waals surface area (Å²) < 4.78 is 42.1. The number of amides is 1. The van der Waals surface area contributed by atoms with Crippen LogP contribution in [0.5, 0.6) is 0 Å². The number of carbonyl (C=O) groups is 1. The highest BCUT2D eigenvalue weighted by molar-refractivity contribution is 6.31. The number of alkyl halides is 3. The van der Waals surface area contributed by atoms with Gasteiger partial charge >= 0.3 is 6.18 Å². The number of halogens is 4. The highest BCUT2D eigenvalue weighted by atomic mass is 35.5. The molecule has 4 aromatic rings. The normalized spacial score (nSPS) is 18.8. The molecule has 3 aromatic heterocycles. The summed E-state index contributed by atoms with van der Waals surface area (Å²) in [4.78, 5) is 20.6. The second-order valence-electron chi connectivity index (χ2n) is 8.54. The minimum absolute atomic E-state index is 0.101. The smallest absolute Gasteiger partial charge is 0.382 e. The van der Waals surface area contributed by atoms with E-state index in [2.05, 4.69) is 20.6 Å². The van der Waals surface area contributed by atoms with Crippen molar-refractivity contribution in [2.24, 2.45) is 0 Å². The molecule has 6 nitrogen and oxygen atoms in total. The number of pyridine rings is 2. The number of nitrogens with one attached hydrogen (secondary N) is 2. The molecule has 0 spiro atoms. The summed E-state index contributed by atoms with van der Waals surface area (Å²) in [6, 6.07) is 9.01. The molecule has 5 rings (SSSR count). The van der Waals surface area contributed by atoms with Gasteiger partial charge in [-0.25, -0.2) is 9.97 Å². The van der Waals surface area contributed by atoms with Gasteiger partial charge < -0.3 is 15.0 Å². The zero-order chi connectivity index (χ0) is 23.9. The van der Waals surface area contributed by atoms with Crippen LogP contribution in [0.3, 0.4) is 0 Å². The molecular weight excluding hydrogens is 467 g/mol. The lowest BCUT2D eigenvalue weighted by Crippen LogP contribution is -2.41. The Morgan fingerprint density at radius 2 is 1.94 bits per heavy atom. The zero-order valence-corrected chi connectivity index (χ0v) is 18.7. The van der Waals surface area contributed by atoms with Crippen LogP contribution >= 0.6 is 11.6 Å². The van der Waals surface area contributed by atoms with E-state index in [0.29, 0.717) is 28.1 Å². The van der Waals surface area contributed by atoms with Crippen molar-refractivity contribution in [2.75, 3.05) is 5.32 Å². The Bertz CT molecular complexity index is 1370. The summed E-state index contributed by atoms with van der Waals surface area (Å²) in [5, 5.41) is 7.27. The Hall–Kier alpha value is -3.33.